The van der Waals surface area contributed by atoms with Gasteiger partial charge in [-0.25, -0.2) is 9.78 Å². The van der Waals surface area contributed by atoms with E-state index in [2.05, 4.69) is 4.98 Å². The van der Waals surface area contributed by atoms with Gasteiger partial charge in [-0.2, -0.15) is 0 Å². The van der Waals surface area contributed by atoms with E-state index in [4.69, 9.17) is 13.9 Å². The van der Waals surface area contributed by atoms with Gasteiger partial charge in [0.05, 0.1) is 13.4 Å². The Balaban J connectivity index is 1.80. The summed E-state index contributed by atoms with van der Waals surface area (Å²) in [5, 5.41) is 2.27. The van der Waals surface area contributed by atoms with E-state index in [0.29, 0.717) is 22.3 Å². The molecule has 0 aliphatic rings. The van der Waals surface area contributed by atoms with Gasteiger partial charge in [0.1, 0.15) is 0 Å². The van der Waals surface area contributed by atoms with Crippen LogP contribution in [0.1, 0.15) is 16.1 Å². The van der Waals surface area contributed by atoms with Crippen LogP contribution in [0.25, 0.3) is 10.8 Å². The van der Waals surface area contributed by atoms with Gasteiger partial charge in [0.25, 0.3) is 0 Å². The summed E-state index contributed by atoms with van der Waals surface area (Å²) >= 11 is 1.32. The number of esters is 1. The fourth-order valence-electron chi connectivity index (χ4n) is 1.89. The van der Waals surface area contributed by atoms with Gasteiger partial charge >= 0.3 is 5.97 Å². The number of furan rings is 1. The molecule has 3 aromatic rings. The van der Waals surface area contributed by atoms with Gasteiger partial charge in [0.2, 0.25) is 0 Å². The van der Waals surface area contributed by atoms with E-state index in [9.17, 15) is 4.79 Å². The smallest absolute Gasteiger partial charge is 0.363 e. The van der Waals surface area contributed by atoms with Crippen molar-refractivity contribution in [2.24, 2.45) is 0 Å². The van der Waals surface area contributed by atoms with E-state index < -0.39 is 5.97 Å². The summed E-state index contributed by atoms with van der Waals surface area (Å²) in [6.07, 6.45) is 1.56. The number of carbonyl (C=O) groups is 1. The molecular formula is C16H13NO4S. The summed E-state index contributed by atoms with van der Waals surface area (Å²) in [5.74, 6) is 0.966. The van der Waals surface area contributed by atoms with Gasteiger partial charge in [0.15, 0.2) is 28.0 Å². The summed E-state index contributed by atoms with van der Waals surface area (Å²) in [7, 11) is 1.53. The van der Waals surface area contributed by atoms with Crippen LogP contribution >= 0.6 is 11.3 Å². The molecule has 5 nitrogen and oxygen atoms in total. The lowest BCUT2D eigenvalue weighted by molar-refractivity contribution is 0.0724. The Morgan fingerprint density at radius 2 is 2.14 bits per heavy atom. The fourth-order valence-corrected chi connectivity index (χ4v) is 2.65. The highest BCUT2D eigenvalue weighted by atomic mass is 32.1. The summed E-state index contributed by atoms with van der Waals surface area (Å²) in [4.78, 5) is 16.4. The first-order valence-corrected chi connectivity index (χ1v) is 7.41. The number of ether oxygens (including phenoxy) is 2. The highest BCUT2D eigenvalue weighted by molar-refractivity contribution is 7.13. The van der Waals surface area contributed by atoms with Crippen LogP contribution in [0.4, 0.5) is 0 Å². The van der Waals surface area contributed by atoms with Crippen molar-refractivity contribution in [2.75, 3.05) is 7.11 Å². The Morgan fingerprint density at radius 3 is 2.86 bits per heavy atom. The van der Waals surface area contributed by atoms with Crippen LogP contribution in [0, 0.1) is 6.92 Å². The molecule has 0 radical (unpaired) electrons. The zero-order valence-electron chi connectivity index (χ0n) is 12.0. The minimum absolute atomic E-state index is 0.235. The molecule has 0 amide bonds. The molecule has 112 valence electrons. The molecule has 1 aromatic carbocycles. The lowest BCUT2D eigenvalue weighted by Crippen LogP contribution is -2.09. The van der Waals surface area contributed by atoms with Crippen molar-refractivity contribution < 1.29 is 18.7 Å². The van der Waals surface area contributed by atoms with Gasteiger partial charge in [0, 0.05) is 5.38 Å². The number of methoxy groups -OCH3 is 1. The van der Waals surface area contributed by atoms with Crippen molar-refractivity contribution in [2.45, 2.75) is 6.92 Å². The second-order valence-corrected chi connectivity index (χ2v) is 5.42. The highest BCUT2D eigenvalue weighted by Gasteiger charge is 2.17. The van der Waals surface area contributed by atoms with Crippen LogP contribution in [0.3, 0.4) is 0 Å². The van der Waals surface area contributed by atoms with Crippen molar-refractivity contribution in [3.05, 3.63) is 53.2 Å². The number of benzene rings is 1. The molecule has 0 aliphatic heterocycles. The number of thiazole rings is 1. The minimum atomic E-state index is -0.531. The van der Waals surface area contributed by atoms with E-state index in [1.54, 1.807) is 35.9 Å². The summed E-state index contributed by atoms with van der Waals surface area (Å²) < 4.78 is 15.8. The zero-order chi connectivity index (χ0) is 15.5. The Bertz CT molecular complexity index is 792. The average Bonchev–Trinajstić information content (AvgIpc) is 3.19. The largest absolute Gasteiger partial charge is 0.493 e. The molecule has 6 heteroatoms. The summed E-state index contributed by atoms with van der Waals surface area (Å²) in [6.45, 7) is 1.93. The summed E-state index contributed by atoms with van der Waals surface area (Å²) in [6, 6.07) is 8.91. The van der Waals surface area contributed by atoms with Crippen molar-refractivity contribution in [1.82, 2.24) is 4.98 Å². The highest BCUT2D eigenvalue weighted by Crippen LogP contribution is 2.29. The number of aromatic nitrogens is 1. The molecular weight excluding hydrogens is 302 g/mol. The predicted octanol–water partition coefficient (Wildman–Crippen LogP) is 3.94. The topological polar surface area (TPSA) is 61.6 Å². The van der Waals surface area contributed by atoms with Crippen molar-refractivity contribution in [3.63, 3.8) is 0 Å². The molecule has 0 spiro atoms. The Hall–Kier alpha value is -2.60. The number of aryl methyl sites for hydroxylation is 1. The zero-order valence-corrected chi connectivity index (χ0v) is 12.8. The molecule has 22 heavy (non-hydrogen) atoms. The maximum Gasteiger partial charge on any atom is 0.363 e. The van der Waals surface area contributed by atoms with Gasteiger partial charge < -0.3 is 13.9 Å². The molecule has 0 bridgehead atoms. The monoisotopic (exact) mass is 315 g/mol. The first-order valence-electron chi connectivity index (χ1n) is 6.53. The Labute approximate surface area is 131 Å². The standard InChI is InChI=1S/C16H13NO4S/c1-10-5-6-12(14(8-10)19-2)21-16(18)11-9-22-15(17-11)13-4-3-7-20-13/h3-9H,1-2H3. The molecule has 0 fully saturated rings. The van der Waals surface area contributed by atoms with E-state index in [1.165, 1.54) is 18.4 Å². The van der Waals surface area contributed by atoms with Crippen LogP contribution < -0.4 is 9.47 Å². The van der Waals surface area contributed by atoms with Crippen LogP contribution in [0.5, 0.6) is 11.5 Å². The number of nitrogens with zero attached hydrogens (tertiary/aromatic N) is 1. The predicted molar refractivity (Wildman–Crippen MR) is 82.5 cm³/mol. The normalized spacial score (nSPS) is 10.5. The summed E-state index contributed by atoms with van der Waals surface area (Å²) in [5.41, 5.74) is 1.25. The lowest BCUT2D eigenvalue weighted by atomic mass is 10.2. The second-order valence-electron chi connectivity index (χ2n) is 4.56. The SMILES string of the molecule is COc1cc(C)ccc1OC(=O)c1csc(-c2ccco2)n1. The molecule has 0 saturated carbocycles. The van der Waals surface area contributed by atoms with Gasteiger partial charge in [-0.15, -0.1) is 11.3 Å². The molecule has 0 atom stereocenters. The number of rotatable bonds is 4. The van der Waals surface area contributed by atoms with Crippen molar-refractivity contribution >= 4 is 17.3 Å². The first kappa shape index (κ1) is 14.3. The Kier molecular flexibility index (Phi) is 3.93. The first-order chi connectivity index (χ1) is 10.7. The van der Waals surface area contributed by atoms with Crippen LogP contribution in [-0.2, 0) is 0 Å². The molecule has 0 aliphatic carbocycles. The van der Waals surface area contributed by atoms with Gasteiger partial charge in [-0.3, -0.25) is 0 Å². The number of hydrogen-bond donors (Lipinski definition) is 0. The maximum absolute atomic E-state index is 12.2. The molecule has 2 aromatic heterocycles. The molecule has 0 saturated heterocycles. The molecule has 0 unspecified atom stereocenters. The fraction of sp³-hybridized carbons (Fsp3) is 0.125. The van der Waals surface area contributed by atoms with Crippen LogP contribution in [0.2, 0.25) is 0 Å². The third-order valence-corrected chi connectivity index (χ3v) is 3.82. The Morgan fingerprint density at radius 1 is 1.27 bits per heavy atom. The third-order valence-electron chi connectivity index (χ3n) is 2.97. The lowest BCUT2D eigenvalue weighted by Gasteiger charge is -2.08. The molecule has 3 rings (SSSR count). The van der Waals surface area contributed by atoms with Crippen molar-refractivity contribution in [1.29, 1.82) is 0 Å². The van der Waals surface area contributed by atoms with Crippen LogP contribution in [-0.4, -0.2) is 18.1 Å². The van der Waals surface area contributed by atoms with Gasteiger partial charge in [-0.1, -0.05) is 6.07 Å². The van der Waals surface area contributed by atoms with E-state index in [1.807, 2.05) is 13.0 Å². The number of hydrogen-bond acceptors (Lipinski definition) is 6. The van der Waals surface area contributed by atoms with E-state index >= 15 is 0 Å². The van der Waals surface area contributed by atoms with Crippen LogP contribution in [0.15, 0.2) is 46.4 Å². The molecule has 0 N–H and O–H groups in total. The van der Waals surface area contributed by atoms with E-state index in [0.717, 1.165) is 5.56 Å². The number of carbonyl (C=O) groups excluding carboxylic acids is 1. The second kappa shape index (κ2) is 6.03. The molecule has 2 heterocycles. The third kappa shape index (κ3) is 2.87. The quantitative estimate of drug-likeness (QED) is 0.539. The maximum atomic E-state index is 12.2. The van der Waals surface area contributed by atoms with Gasteiger partial charge in [-0.05, 0) is 36.8 Å². The minimum Gasteiger partial charge on any atom is -0.493 e. The van der Waals surface area contributed by atoms with Crippen molar-refractivity contribution in [3.8, 4) is 22.3 Å². The average molecular weight is 315 g/mol. The van der Waals surface area contributed by atoms with E-state index in [-0.39, 0.29) is 5.69 Å².